The molecule has 0 aliphatic rings. The van der Waals surface area contributed by atoms with Gasteiger partial charge in [-0.15, -0.1) is 0 Å². The molecule has 5 heteroatoms. The number of nitrogen functional groups attached to an aromatic ring is 1. The van der Waals surface area contributed by atoms with Crippen LogP contribution in [-0.4, -0.2) is 27.9 Å². The average molecular weight is 277 g/mol. The fraction of sp³-hybridized carbons (Fsp3) is 0.533. The smallest absolute Gasteiger partial charge is 0.135 e. The van der Waals surface area contributed by atoms with Crippen molar-refractivity contribution in [3.05, 3.63) is 24.0 Å². The predicted molar refractivity (Wildman–Crippen MR) is 80.3 cm³/mol. The zero-order chi connectivity index (χ0) is 14.5. The summed E-state index contributed by atoms with van der Waals surface area (Å²) in [7, 11) is 0. The van der Waals surface area contributed by atoms with Crippen LogP contribution in [0, 0.1) is 5.92 Å². The van der Waals surface area contributed by atoms with E-state index in [-0.39, 0.29) is 6.61 Å². The molecule has 1 aromatic heterocycles. The Bertz CT molecular complexity index is 563. The van der Waals surface area contributed by atoms with Crippen molar-refractivity contribution >= 4 is 16.7 Å². The van der Waals surface area contributed by atoms with Crippen LogP contribution < -0.4 is 5.73 Å². The maximum absolute atomic E-state index is 9.41. The normalized spacial score (nSPS) is 11.6. The minimum Gasteiger partial charge on any atom is -0.399 e. The number of nitrogens with two attached hydrogens (primary N) is 1. The number of nitrogens with zero attached hydrogens (tertiary/aromatic N) is 2. The highest BCUT2D eigenvalue weighted by atomic mass is 16.5. The average Bonchev–Trinajstić information content (AvgIpc) is 2.75. The van der Waals surface area contributed by atoms with E-state index in [4.69, 9.17) is 10.5 Å². The van der Waals surface area contributed by atoms with Crippen molar-refractivity contribution in [3.63, 3.8) is 0 Å². The largest absolute Gasteiger partial charge is 0.399 e. The summed E-state index contributed by atoms with van der Waals surface area (Å²) in [6.45, 7) is 6.36. The fourth-order valence-electron chi connectivity index (χ4n) is 2.14. The third-order valence-electron chi connectivity index (χ3n) is 3.29. The Labute approximate surface area is 119 Å². The van der Waals surface area contributed by atoms with Crippen molar-refractivity contribution in [1.82, 2.24) is 9.55 Å². The Morgan fingerprint density at radius 3 is 2.85 bits per heavy atom. The van der Waals surface area contributed by atoms with E-state index in [2.05, 4.69) is 18.8 Å². The number of imidazole rings is 1. The molecular formula is C15H23N3O2. The van der Waals surface area contributed by atoms with E-state index in [0.29, 0.717) is 30.6 Å². The number of fused-ring (bicyclic) bond motifs is 1. The topological polar surface area (TPSA) is 73.3 Å². The molecular weight excluding hydrogens is 254 g/mol. The molecule has 0 atom stereocenters. The van der Waals surface area contributed by atoms with Gasteiger partial charge in [0.2, 0.25) is 0 Å². The second-order valence-corrected chi connectivity index (χ2v) is 5.38. The van der Waals surface area contributed by atoms with Gasteiger partial charge in [0.05, 0.1) is 17.6 Å². The Hall–Kier alpha value is -1.59. The summed E-state index contributed by atoms with van der Waals surface area (Å²) in [5, 5.41) is 9.41. The summed E-state index contributed by atoms with van der Waals surface area (Å²) in [4.78, 5) is 4.40. The number of hydrogen-bond acceptors (Lipinski definition) is 4. The van der Waals surface area contributed by atoms with E-state index < -0.39 is 0 Å². The molecule has 2 aromatic rings. The van der Waals surface area contributed by atoms with Gasteiger partial charge in [0, 0.05) is 18.8 Å². The molecule has 20 heavy (non-hydrogen) atoms. The van der Waals surface area contributed by atoms with Gasteiger partial charge in [-0.3, -0.25) is 0 Å². The summed E-state index contributed by atoms with van der Waals surface area (Å²) in [5.41, 5.74) is 8.23. The molecule has 1 aromatic carbocycles. The van der Waals surface area contributed by atoms with Gasteiger partial charge in [-0.1, -0.05) is 13.8 Å². The van der Waals surface area contributed by atoms with Crippen molar-refractivity contribution in [2.45, 2.75) is 33.4 Å². The Morgan fingerprint density at radius 1 is 1.35 bits per heavy atom. The number of hydrogen-bond donors (Lipinski definition) is 2. The highest BCUT2D eigenvalue weighted by Crippen LogP contribution is 2.19. The van der Waals surface area contributed by atoms with E-state index in [1.54, 1.807) is 0 Å². The third-order valence-corrected chi connectivity index (χ3v) is 3.29. The highest BCUT2D eigenvalue weighted by molar-refractivity contribution is 5.79. The molecule has 3 N–H and O–H groups in total. The zero-order valence-electron chi connectivity index (χ0n) is 12.2. The number of rotatable bonds is 7. The second kappa shape index (κ2) is 6.72. The van der Waals surface area contributed by atoms with Gasteiger partial charge in [-0.25, -0.2) is 4.98 Å². The highest BCUT2D eigenvalue weighted by Gasteiger charge is 2.09. The van der Waals surface area contributed by atoms with E-state index in [9.17, 15) is 5.11 Å². The lowest BCUT2D eigenvalue weighted by atomic mass is 10.1. The number of aromatic nitrogens is 2. The Morgan fingerprint density at radius 2 is 2.15 bits per heavy atom. The molecule has 110 valence electrons. The lowest BCUT2D eigenvalue weighted by Gasteiger charge is -2.09. The first-order chi connectivity index (χ1) is 9.61. The minimum absolute atomic E-state index is 0.0828. The maximum Gasteiger partial charge on any atom is 0.135 e. The van der Waals surface area contributed by atoms with Crippen LogP contribution in [0.5, 0.6) is 0 Å². The molecule has 0 radical (unpaired) electrons. The van der Waals surface area contributed by atoms with Gasteiger partial charge in [0.1, 0.15) is 12.4 Å². The van der Waals surface area contributed by atoms with E-state index in [1.807, 2.05) is 22.8 Å². The second-order valence-electron chi connectivity index (χ2n) is 5.38. The van der Waals surface area contributed by atoms with Gasteiger partial charge in [0.15, 0.2) is 0 Å². The van der Waals surface area contributed by atoms with Crippen molar-refractivity contribution in [3.8, 4) is 0 Å². The lowest BCUT2D eigenvalue weighted by Crippen LogP contribution is -2.10. The van der Waals surface area contributed by atoms with Crippen LogP contribution in [-0.2, 0) is 17.9 Å². The molecule has 1 heterocycles. The lowest BCUT2D eigenvalue weighted by molar-refractivity contribution is 0.115. The number of benzene rings is 1. The first kappa shape index (κ1) is 14.8. The zero-order valence-corrected chi connectivity index (χ0v) is 12.2. The predicted octanol–water partition coefficient (Wildman–Crippen LogP) is 2.17. The standard InChI is InChI=1S/C15H23N3O2/c1-11(2)5-7-20-8-6-18-14-4-3-12(16)9-13(14)17-15(18)10-19/h3-4,9,11,19H,5-8,10,16H2,1-2H3. The molecule has 0 amide bonds. The van der Waals surface area contributed by atoms with Crippen LogP contribution >= 0.6 is 0 Å². The molecule has 0 spiro atoms. The first-order valence-corrected chi connectivity index (χ1v) is 7.05. The molecule has 0 aliphatic carbocycles. The van der Waals surface area contributed by atoms with Crippen molar-refractivity contribution in [2.75, 3.05) is 18.9 Å². The number of aliphatic hydroxyl groups excluding tert-OH is 1. The van der Waals surface area contributed by atoms with Gasteiger partial charge >= 0.3 is 0 Å². The van der Waals surface area contributed by atoms with Gasteiger partial charge in [-0.2, -0.15) is 0 Å². The van der Waals surface area contributed by atoms with Crippen molar-refractivity contribution < 1.29 is 9.84 Å². The molecule has 0 fully saturated rings. The van der Waals surface area contributed by atoms with Crippen molar-refractivity contribution in [1.29, 1.82) is 0 Å². The summed E-state index contributed by atoms with van der Waals surface area (Å²) in [6.07, 6.45) is 1.06. The fourth-order valence-corrected chi connectivity index (χ4v) is 2.14. The van der Waals surface area contributed by atoms with E-state index in [1.165, 1.54) is 0 Å². The SMILES string of the molecule is CC(C)CCOCCn1c(CO)nc2cc(N)ccc21. The Balaban J connectivity index is 2.04. The number of anilines is 1. The Kier molecular flexibility index (Phi) is 4.98. The summed E-state index contributed by atoms with van der Waals surface area (Å²) in [5.74, 6) is 1.30. The van der Waals surface area contributed by atoms with Crippen LogP contribution in [0.15, 0.2) is 18.2 Å². The van der Waals surface area contributed by atoms with Crippen LogP contribution in [0.2, 0.25) is 0 Å². The van der Waals surface area contributed by atoms with Crippen molar-refractivity contribution in [2.24, 2.45) is 5.92 Å². The molecule has 0 aliphatic heterocycles. The molecule has 0 bridgehead atoms. The molecule has 5 nitrogen and oxygen atoms in total. The van der Waals surface area contributed by atoms with Gasteiger partial charge in [0.25, 0.3) is 0 Å². The summed E-state index contributed by atoms with van der Waals surface area (Å²) < 4.78 is 7.63. The monoisotopic (exact) mass is 277 g/mol. The maximum atomic E-state index is 9.41. The summed E-state index contributed by atoms with van der Waals surface area (Å²) in [6, 6.07) is 5.61. The summed E-state index contributed by atoms with van der Waals surface area (Å²) >= 11 is 0. The quantitative estimate of drug-likeness (QED) is 0.601. The van der Waals surface area contributed by atoms with Gasteiger partial charge < -0.3 is 20.1 Å². The third kappa shape index (κ3) is 3.49. The molecule has 0 saturated carbocycles. The number of ether oxygens (including phenoxy) is 1. The molecule has 0 saturated heterocycles. The number of aliphatic hydroxyl groups is 1. The van der Waals surface area contributed by atoms with E-state index in [0.717, 1.165) is 24.1 Å². The van der Waals surface area contributed by atoms with E-state index >= 15 is 0 Å². The van der Waals surface area contributed by atoms with Crippen LogP contribution in [0.25, 0.3) is 11.0 Å². The molecule has 0 unspecified atom stereocenters. The molecule has 2 rings (SSSR count). The van der Waals surface area contributed by atoms with Crippen LogP contribution in [0.3, 0.4) is 0 Å². The van der Waals surface area contributed by atoms with Crippen LogP contribution in [0.4, 0.5) is 5.69 Å². The first-order valence-electron chi connectivity index (χ1n) is 7.05. The van der Waals surface area contributed by atoms with Gasteiger partial charge in [-0.05, 0) is 30.5 Å². The minimum atomic E-state index is -0.0828. The van der Waals surface area contributed by atoms with Crippen LogP contribution in [0.1, 0.15) is 26.1 Å².